The number of nitrogens with one attached hydrogen (secondary N) is 3. The first-order chi connectivity index (χ1) is 13.8. The Labute approximate surface area is 180 Å². The van der Waals surface area contributed by atoms with Crippen LogP contribution in [0.15, 0.2) is 46.9 Å². The number of anilines is 1. The summed E-state index contributed by atoms with van der Waals surface area (Å²) in [5, 5.41) is 6.39. The molecule has 0 bridgehead atoms. The third kappa shape index (κ3) is 4.60. The highest BCUT2D eigenvalue weighted by atomic mass is 79.9. The van der Waals surface area contributed by atoms with Gasteiger partial charge in [0, 0.05) is 27.1 Å². The molecule has 2 aromatic carbocycles. The second kappa shape index (κ2) is 8.67. The molecule has 0 aliphatic rings. The number of carbonyl (C=O) groups is 3. The number of nitrogens with zero attached hydrogens (tertiary/aromatic N) is 1. The number of benzene rings is 2. The number of likely N-dealkylation sites (N-methyl/N-ethyl adjacent to an activating group) is 1. The van der Waals surface area contributed by atoms with Crippen LogP contribution in [0.3, 0.4) is 0 Å². The smallest absolute Gasteiger partial charge is 0.328 e. The van der Waals surface area contributed by atoms with Crippen LogP contribution >= 0.6 is 27.5 Å². The van der Waals surface area contributed by atoms with Crippen molar-refractivity contribution in [2.45, 2.75) is 13.8 Å². The van der Waals surface area contributed by atoms with Crippen LogP contribution in [-0.2, 0) is 9.59 Å². The zero-order valence-corrected chi connectivity index (χ0v) is 18.0. The molecule has 3 rings (SSSR count). The lowest BCUT2D eigenvalue weighted by Crippen LogP contribution is -2.39. The van der Waals surface area contributed by atoms with Crippen molar-refractivity contribution in [2.24, 2.45) is 0 Å². The first kappa shape index (κ1) is 20.9. The molecule has 0 radical (unpaired) electrons. The van der Waals surface area contributed by atoms with E-state index >= 15 is 0 Å². The van der Waals surface area contributed by atoms with E-state index in [9.17, 15) is 14.4 Å². The van der Waals surface area contributed by atoms with E-state index in [-0.39, 0.29) is 5.69 Å². The third-order valence-electron chi connectivity index (χ3n) is 4.19. The summed E-state index contributed by atoms with van der Waals surface area (Å²) in [6.45, 7) is 3.88. The van der Waals surface area contributed by atoms with Crippen LogP contribution in [0, 0.1) is 6.92 Å². The summed E-state index contributed by atoms with van der Waals surface area (Å²) in [6.07, 6.45) is 0. The molecule has 0 aliphatic carbocycles. The van der Waals surface area contributed by atoms with Crippen molar-refractivity contribution in [3.63, 3.8) is 0 Å². The summed E-state index contributed by atoms with van der Waals surface area (Å²) in [6, 6.07) is 12.0. The molecule has 1 aromatic heterocycles. The van der Waals surface area contributed by atoms with E-state index in [1.54, 1.807) is 37.3 Å². The molecule has 150 valence electrons. The van der Waals surface area contributed by atoms with Crippen molar-refractivity contribution < 1.29 is 14.4 Å². The average Bonchev–Trinajstić information content (AvgIpc) is 3.01. The standard InChI is InChI=1S/C20H18BrClN4O3/c1-3-23-19(28)20(29)25-26-16-7-5-14(22)9-12(16)10-17(26)18(27)24-15-6-4-13(21)8-11(15)2/h4-10H,3H2,1-2H3,(H,23,28)(H,24,27)(H,25,29). The Morgan fingerprint density at radius 1 is 1.07 bits per heavy atom. The first-order valence-corrected chi connectivity index (χ1v) is 9.95. The highest BCUT2D eigenvalue weighted by Crippen LogP contribution is 2.25. The Morgan fingerprint density at radius 2 is 1.83 bits per heavy atom. The predicted octanol–water partition coefficient (Wildman–Crippen LogP) is 3.82. The Morgan fingerprint density at radius 3 is 2.52 bits per heavy atom. The molecule has 9 heteroatoms. The number of hydrogen-bond donors (Lipinski definition) is 3. The Balaban J connectivity index is 2.00. The van der Waals surface area contributed by atoms with Gasteiger partial charge in [-0.25, -0.2) is 4.68 Å². The number of halogens is 2. The Kier molecular flexibility index (Phi) is 6.24. The summed E-state index contributed by atoms with van der Waals surface area (Å²) in [7, 11) is 0. The molecular formula is C20H18BrClN4O3. The van der Waals surface area contributed by atoms with Crippen LogP contribution in [0.2, 0.25) is 5.02 Å². The number of fused-ring (bicyclic) bond motifs is 1. The maximum absolute atomic E-state index is 13.0. The number of aryl methyl sites for hydroxylation is 1. The fourth-order valence-corrected chi connectivity index (χ4v) is 3.48. The van der Waals surface area contributed by atoms with Crippen LogP contribution < -0.4 is 16.1 Å². The van der Waals surface area contributed by atoms with Gasteiger partial charge in [0.2, 0.25) is 0 Å². The van der Waals surface area contributed by atoms with Gasteiger partial charge in [-0.2, -0.15) is 0 Å². The molecule has 0 spiro atoms. The van der Waals surface area contributed by atoms with Crippen LogP contribution in [0.1, 0.15) is 23.0 Å². The van der Waals surface area contributed by atoms with Gasteiger partial charge in [0.15, 0.2) is 0 Å². The highest BCUT2D eigenvalue weighted by Gasteiger charge is 2.21. The molecule has 1 heterocycles. The van der Waals surface area contributed by atoms with Gasteiger partial charge in [-0.3, -0.25) is 19.8 Å². The van der Waals surface area contributed by atoms with Gasteiger partial charge in [0.05, 0.1) is 5.52 Å². The van der Waals surface area contributed by atoms with Gasteiger partial charge < -0.3 is 10.6 Å². The summed E-state index contributed by atoms with van der Waals surface area (Å²) in [5.41, 5.74) is 4.66. The molecule has 7 nitrogen and oxygen atoms in total. The van der Waals surface area contributed by atoms with Gasteiger partial charge in [0.1, 0.15) is 5.69 Å². The topological polar surface area (TPSA) is 92.2 Å². The SMILES string of the molecule is CCNC(=O)C(=O)Nn1c(C(=O)Nc2ccc(Br)cc2C)cc2cc(Cl)ccc21. The summed E-state index contributed by atoms with van der Waals surface area (Å²) in [4.78, 5) is 37.0. The molecular weight excluding hydrogens is 460 g/mol. The molecule has 0 aliphatic heterocycles. The Hall–Kier alpha value is -2.84. The van der Waals surface area contributed by atoms with Crippen molar-refractivity contribution in [3.8, 4) is 0 Å². The van der Waals surface area contributed by atoms with E-state index in [2.05, 4.69) is 32.0 Å². The molecule has 0 unspecified atom stereocenters. The summed E-state index contributed by atoms with van der Waals surface area (Å²) < 4.78 is 2.18. The second-order valence-corrected chi connectivity index (χ2v) is 7.63. The largest absolute Gasteiger partial charge is 0.348 e. The summed E-state index contributed by atoms with van der Waals surface area (Å²) in [5.74, 6) is -2.12. The molecule has 3 aromatic rings. The first-order valence-electron chi connectivity index (χ1n) is 8.78. The quantitative estimate of drug-likeness (QED) is 0.499. The zero-order valence-electron chi connectivity index (χ0n) is 15.7. The molecule has 0 atom stereocenters. The van der Waals surface area contributed by atoms with Gasteiger partial charge in [0.25, 0.3) is 5.91 Å². The van der Waals surface area contributed by atoms with E-state index in [0.717, 1.165) is 10.0 Å². The number of carbonyl (C=O) groups excluding carboxylic acids is 3. The van der Waals surface area contributed by atoms with E-state index in [0.29, 0.717) is 28.2 Å². The van der Waals surface area contributed by atoms with Crippen molar-refractivity contribution in [1.29, 1.82) is 0 Å². The van der Waals surface area contributed by atoms with Crippen LogP contribution in [0.25, 0.3) is 10.9 Å². The normalized spacial score (nSPS) is 10.6. The minimum atomic E-state index is -0.881. The minimum Gasteiger partial charge on any atom is -0.348 e. The maximum atomic E-state index is 13.0. The van der Waals surface area contributed by atoms with Crippen molar-refractivity contribution in [1.82, 2.24) is 9.99 Å². The predicted molar refractivity (Wildman–Crippen MR) is 117 cm³/mol. The fraction of sp³-hybridized carbons (Fsp3) is 0.150. The lowest BCUT2D eigenvalue weighted by atomic mass is 10.2. The zero-order chi connectivity index (χ0) is 21.1. The van der Waals surface area contributed by atoms with Gasteiger partial charge >= 0.3 is 11.8 Å². The lowest BCUT2D eigenvalue weighted by molar-refractivity contribution is -0.136. The maximum Gasteiger partial charge on any atom is 0.328 e. The average molecular weight is 478 g/mol. The van der Waals surface area contributed by atoms with Crippen molar-refractivity contribution >= 4 is 61.8 Å². The Bertz CT molecular complexity index is 1130. The van der Waals surface area contributed by atoms with Gasteiger partial charge in [-0.1, -0.05) is 27.5 Å². The number of hydrogen-bond acceptors (Lipinski definition) is 3. The van der Waals surface area contributed by atoms with Crippen LogP contribution in [0.5, 0.6) is 0 Å². The molecule has 3 N–H and O–H groups in total. The molecule has 3 amide bonds. The third-order valence-corrected chi connectivity index (χ3v) is 4.92. The number of aromatic nitrogens is 1. The number of amides is 3. The molecule has 0 saturated heterocycles. The second-order valence-electron chi connectivity index (χ2n) is 6.28. The van der Waals surface area contributed by atoms with Gasteiger partial charge in [-0.05, 0) is 61.9 Å². The molecule has 0 fully saturated rings. The lowest BCUT2D eigenvalue weighted by Gasteiger charge is -2.13. The minimum absolute atomic E-state index is 0.155. The van der Waals surface area contributed by atoms with E-state index in [1.165, 1.54) is 4.68 Å². The van der Waals surface area contributed by atoms with E-state index < -0.39 is 17.7 Å². The van der Waals surface area contributed by atoms with Crippen LogP contribution in [-0.4, -0.2) is 28.9 Å². The summed E-state index contributed by atoms with van der Waals surface area (Å²) >= 11 is 9.44. The van der Waals surface area contributed by atoms with E-state index in [4.69, 9.17) is 11.6 Å². The molecule has 0 saturated carbocycles. The molecule has 29 heavy (non-hydrogen) atoms. The fourth-order valence-electron chi connectivity index (χ4n) is 2.82. The monoisotopic (exact) mass is 476 g/mol. The van der Waals surface area contributed by atoms with Gasteiger partial charge in [-0.15, -0.1) is 0 Å². The van der Waals surface area contributed by atoms with Crippen molar-refractivity contribution in [2.75, 3.05) is 17.3 Å². The van der Waals surface area contributed by atoms with E-state index in [1.807, 2.05) is 19.1 Å². The highest BCUT2D eigenvalue weighted by molar-refractivity contribution is 9.10. The number of rotatable bonds is 4. The van der Waals surface area contributed by atoms with Crippen molar-refractivity contribution in [3.05, 3.63) is 63.2 Å². The van der Waals surface area contributed by atoms with Crippen LogP contribution in [0.4, 0.5) is 5.69 Å².